The van der Waals surface area contributed by atoms with E-state index < -0.39 is 9.84 Å². The van der Waals surface area contributed by atoms with Gasteiger partial charge in [-0.3, -0.25) is 0 Å². The normalized spacial score (nSPS) is 11.4. The van der Waals surface area contributed by atoms with Gasteiger partial charge in [0, 0.05) is 16.4 Å². The van der Waals surface area contributed by atoms with E-state index >= 15 is 0 Å². The molecule has 5 heteroatoms. The fourth-order valence-electron chi connectivity index (χ4n) is 1.97. The molecule has 0 saturated heterocycles. The lowest BCUT2D eigenvalue weighted by Crippen LogP contribution is -2.00. The molecule has 0 aliphatic heterocycles. The number of rotatable bonds is 3. The lowest BCUT2D eigenvalue weighted by Gasteiger charge is -2.14. The first-order chi connectivity index (χ1) is 9.29. The summed E-state index contributed by atoms with van der Waals surface area (Å²) < 4.78 is 23.8. The molecule has 0 atom stereocenters. The molecule has 0 aromatic heterocycles. The first kappa shape index (κ1) is 15.1. The molecule has 2 rings (SSSR count). The predicted molar refractivity (Wildman–Crippen MR) is 86.5 cm³/mol. The maximum Gasteiger partial charge on any atom is 0.175 e. The van der Waals surface area contributed by atoms with Gasteiger partial charge in [-0.25, -0.2) is 8.42 Å². The van der Waals surface area contributed by atoms with Gasteiger partial charge in [-0.1, -0.05) is 18.2 Å². The molecule has 0 aliphatic carbocycles. The third kappa shape index (κ3) is 3.22. The Bertz CT molecular complexity index is 734. The van der Waals surface area contributed by atoms with E-state index in [-0.39, 0.29) is 0 Å². The minimum Gasteiger partial charge on any atom is -0.354 e. The average Bonchev–Trinajstić information content (AvgIpc) is 2.34. The highest BCUT2D eigenvalue weighted by Crippen LogP contribution is 2.31. The van der Waals surface area contributed by atoms with E-state index in [1.54, 1.807) is 18.2 Å². The van der Waals surface area contributed by atoms with Crippen molar-refractivity contribution in [1.82, 2.24) is 0 Å². The Labute approximate surface area is 128 Å². The molecule has 0 amide bonds. The van der Waals surface area contributed by atoms with Gasteiger partial charge in [0.05, 0.1) is 10.6 Å². The molecule has 0 unspecified atom stereocenters. The van der Waals surface area contributed by atoms with Gasteiger partial charge in [-0.15, -0.1) is 0 Å². The van der Waals surface area contributed by atoms with E-state index in [1.807, 2.05) is 32.0 Å². The first-order valence-corrected chi connectivity index (χ1v) is 8.80. The van der Waals surface area contributed by atoms with Gasteiger partial charge in [-0.2, -0.15) is 0 Å². The standard InChI is InChI=1S/C15H16BrNO2S/c1-10-5-4-6-11(2)15(10)17-14-8-7-12(9-13(14)16)20(3,18)19/h4-9,17H,1-3H3. The van der Waals surface area contributed by atoms with Crippen LogP contribution in [0.5, 0.6) is 0 Å². The van der Waals surface area contributed by atoms with Crippen molar-refractivity contribution in [3.05, 3.63) is 52.0 Å². The molecule has 0 aliphatic rings. The van der Waals surface area contributed by atoms with E-state index in [2.05, 4.69) is 21.2 Å². The van der Waals surface area contributed by atoms with E-state index in [4.69, 9.17) is 0 Å². The number of para-hydroxylation sites is 1. The summed E-state index contributed by atoms with van der Waals surface area (Å²) in [4.78, 5) is 0.302. The highest BCUT2D eigenvalue weighted by molar-refractivity contribution is 9.10. The topological polar surface area (TPSA) is 46.2 Å². The van der Waals surface area contributed by atoms with E-state index in [1.165, 1.54) is 6.26 Å². The summed E-state index contributed by atoms with van der Waals surface area (Å²) in [5.41, 5.74) is 4.17. The van der Waals surface area contributed by atoms with Crippen LogP contribution in [0.15, 0.2) is 45.8 Å². The van der Waals surface area contributed by atoms with Gasteiger partial charge in [-0.05, 0) is 59.1 Å². The van der Waals surface area contributed by atoms with Gasteiger partial charge in [0.1, 0.15) is 0 Å². The Balaban J connectivity index is 2.41. The molecule has 0 spiro atoms. The summed E-state index contributed by atoms with van der Waals surface area (Å²) in [6.45, 7) is 4.07. The predicted octanol–water partition coefficient (Wildman–Crippen LogP) is 4.21. The molecule has 0 heterocycles. The van der Waals surface area contributed by atoms with Gasteiger partial charge >= 0.3 is 0 Å². The quantitative estimate of drug-likeness (QED) is 0.898. The molecule has 0 saturated carbocycles. The lowest BCUT2D eigenvalue weighted by molar-refractivity contribution is 0.602. The van der Waals surface area contributed by atoms with Crippen LogP contribution in [0.3, 0.4) is 0 Å². The maximum absolute atomic E-state index is 11.5. The monoisotopic (exact) mass is 353 g/mol. The second kappa shape index (κ2) is 5.58. The highest BCUT2D eigenvalue weighted by Gasteiger charge is 2.11. The number of aryl methyl sites for hydroxylation is 2. The van der Waals surface area contributed by atoms with E-state index in [9.17, 15) is 8.42 Å². The first-order valence-electron chi connectivity index (χ1n) is 6.12. The molecular weight excluding hydrogens is 338 g/mol. The zero-order valence-corrected chi connectivity index (χ0v) is 14.0. The molecule has 0 bridgehead atoms. The molecule has 0 radical (unpaired) electrons. The molecule has 3 nitrogen and oxygen atoms in total. The number of sulfone groups is 1. The van der Waals surface area contributed by atoms with Crippen LogP contribution in [0.4, 0.5) is 11.4 Å². The highest BCUT2D eigenvalue weighted by atomic mass is 79.9. The second-order valence-corrected chi connectivity index (χ2v) is 7.68. The summed E-state index contributed by atoms with van der Waals surface area (Å²) in [7, 11) is -3.19. The number of benzene rings is 2. The average molecular weight is 354 g/mol. The molecule has 0 fully saturated rings. The smallest absolute Gasteiger partial charge is 0.175 e. The van der Waals surface area contributed by atoms with Crippen LogP contribution in [0.1, 0.15) is 11.1 Å². The van der Waals surface area contributed by atoms with E-state index in [0.717, 1.165) is 27.0 Å². The number of hydrogen-bond acceptors (Lipinski definition) is 3. The Kier molecular flexibility index (Phi) is 4.20. The van der Waals surface area contributed by atoms with Gasteiger partial charge in [0.2, 0.25) is 0 Å². The third-order valence-electron chi connectivity index (χ3n) is 3.11. The lowest BCUT2D eigenvalue weighted by atomic mass is 10.1. The Hall–Kier alpha value is -1.33. The van der Waals surface area contributed by atoms with Crippen molar-refractivity contribution < 1.29 is 8.42 Å². The van der Waals surface area contributed by atoms with Crippen molar-refractivity contribution in [2.45, 2.75) is 18.7 Å². The molecule has 20 heavy (non-hydrogen) atoms. The molecule has 2 aromatic rings. The SMILES string of the molecule is Cc1cccc(C)c1Nc1ccc(S(C)(=O)=O)cc1Br. The van der Waals surface area contributed by atoms with Crippen molar-refractivity contribution in [2.24, 2.45) is 0 Å². The van der Waals surface area contributed by atoms with Crippen molar-refractivity contribution in [1.29, 1.82) is 0 Å². The van der Waals surface area contributed by atoms with Gasteiger partial charge in [0.25, 0.3) is 0 Å². The number of nitrogens with one attached hydrogen (secondary N) is 1. The zero-order chi connectivity index (χ0) is 14.9. The minimum atomic E-state index is -3.19. The van der Waals surface area contributed by atoms with Crippen LogP contribution in [0, 0.1) is 13.8 Å². The number of hydrogen-bond donors (Lipinski definition) is 1. The van der Waals surface area contributed by atoms with Crippen LogP contribution >= 0.6 is 15.9 Å². The van der Waals surface area contributed by atoms with Crippen molar-refractivity contribution in [2.75, 3.05) is 11.6 Å². The largest absolute Gasteiger partial charge is 0.354 e. The fourth-order valence-corrected chi connectivity index (χ4v) is 3.25. The van der Waals surface area contributed by atoms with Crippen LogP contribution in [0.25, 0.3) is 0 Å². The Morgan fingerprint density at radius 3 is 2.15 bits per heavy atom. The number of halogens is 1. The second-order valence-electron chi connectivity index (χ2n) is 4.81. The van der Waals surface area contributed by atoms with Crippen molar-refractivity contribution >= 4 is 37.1 Å². The minimum absolute atomic E-state index is 0.302. The number of anilines is 2. The summed E-state index contributed by atoms with van der Waals surface area (Å²) in [5.74, 6) is 0. The summed E-state index contributed by atoms with van der Waals surface area (Å²) in [5, 5.41) is 3.35. The van der Waals surface area contributed by atoms with Crippen LogP contribution in [0.2, 0.25) is 0 Å². The summed E-state index contributed by atoms with van der Waals surface area (Å²) in [6, 6.07) is 11.1. The summed E-state index contributed by atoms with van der Waals surface area (Å²) >= 11 is 3.42. The van der Waals surface area contributed by atoms with Crippen LogP contribution < -0.4 is 5.32 Å². The van der Waals surface area contributed by atoms with Crippen LogP contribution in [-0.2, 0) is 9.84 Å². The molecule has 106 valence electrons. The van der Waals surface area contributed by atoms with E-state index in [0.29, 0.717) is 4.90 Å². The fraction of sp³-hybridized carbons (Fsp3) is 0.200. The van der Waals surface area contributed by atoms with Crippen molar-refractivity contribution in [3.8, 4) is 0 Å². The third-order valence-corrected chi connectivity index (χ3v) is 4.88. The van der Waals surface area contributed by atoms with Gasteiger partial charge < -0.3 is 5.32 Å². The zero-order valence-electron chi connectivity index (χ0n) is 11.6. The maximum atomic E-state index is 11.5. The Morgan fingerprint density at radius 2 is 1.65 bits per heavy atom. The molecular formula is C15H16BrNO2S. The molecule has 1 N–H and O–H groups in total. The van der Waals surface area contributed by atoms with Crippen molar-refractivity contribution in [3.63, 3.8) is 0 Å². The molecule has 2 aromatic carbocycles. The summed E-state index contributed by atoms with van der Waals surface area (Å²) in [6.07, 6.45) is 1.20. The van der Waals surface area contributed by atoms with Gasteiger partial charge in [0.15, 0.2) is 9.84 Å². The van der Waals surface area contributed by atoms with Crippen LogP contribution in [-0.4, -0.2) is 14.7 Å². The Morgan fingerprint density at radius 1 is 1.05 bits per heavy atom.